The molecule has 4 rings (SSSR count). The predicted octanol–water partition coefficient (Wildman–Crippen LogP) is 6.06. The van der Waals surface area contributed by atoms with Crippen molar-refractivity contribution in [2.24, 2.45) is 0 Å². The maximum atomic E-state index is 14.1. The fraction of sp³-hybridized carbons (Fsp3) is 0.304. The first kappa shape index (κ1) is 22.5. The number of carbonyl (C=O) groups excluding carboxylic acids is 1. The van der Waals surface area contributed by atoms with Gasteiger partial charge < -0.3 is 4.74 Å². The van der Waals surface area contributed by atoms with E-state index >= 15 is 0 Å². The van der Waals surface area contributed by atoms with Crippen LogP contribution in [0.2, 0.25) is 5.02 Å². The van der Waals surface area contributed by atoms with E-state index in [-0.39, 0.29) is 18.2 Å². The van der Waals surface area contributed by atoms with Crippen LogP contribution in [0.25, 0.3) is 11.3 Å². The number of hydrogen-bond donors (Lipinski definition) is 0. The van der Waals surface area contributed by atoms with Crippen molar-refractivity contribution in [3.05, 3.63) is 58.9 Å². The Morgan fingerprint density at radius 1 is 1.22 bits per heavy atom. The lowest BCUT2D eigenvalue weighted by molar-refractivity contribution is -0.120. The molecule has 0 saturated heterocycles. The van der Waals surface area contributed by atoms with Crippen LogP contribution in [0.1, 0.15) is 44.9 Å². The third-order valence-electron chi connectivity index (χ3n) is 5.00. The molecule has 1 aliphatic rings. The van der Waals surface area contributed by atoms with Crippen molar-refractivity contribution in [2.75, 3.05) is 10.7 Å². The third kappa shape index (κ3) is 4.56. The van der Waals surface area contributed by atoms with Crippen molar-refractivity contribution >= 4 is 35.0 Å². The molecule has 9 heteroatoms. The van der Waals surface area contributed by atoms with Gasteiger partial charge in [0.05, 0.1) is 5.69 Å². The van der Waals surface area contributed by atoms with Crippen molar-refractivity contribution in [1.29, 1.82) is 0 Å². The van der Waals surface area contributed by atoms with Crippen molar-refractivity contribution < 1.29 is 13.9 Å². The zero-order valence-corrected chi connectivity index (χ0v) is 19.3. The highest BCUT2D eigenvalue weighted by Gasteiger charge is 2.35. The normalized spacial score (nSPS) is 14.9. The van der Waals surface area contributed by atoms with Crippen LogP contribution < -0.4 is 9.64 Å². The Balaban J connectivity index is 1.90. The highest BCUT2D eigenvalue weighted by atomic mass is 35.5. The first-order chi connectivity index (χ1) is 15.5. The zero-order chi connectivity index (χ0) is 22.7. The number of anilines is 1. The van der Waals surface area contributed by atoms with Gasteiger partial charge in [-0.15, -0.1) is 10.2 Å². The molecule has 32 heavy (non-hydrogen) atoms. The predicted molar refractivity (Wildman–Crippen MR) is 123 cm³/mol. The molecule has 1 aromatic heterocycles. The summed E-state index contributed by atoms with van der Waals surface area (Å²) in [5.41, 5.74) is 2.00. The number of aromatic nitrogens is 3. The first-order valence-electron chi connectivity index (χ1n) is 10.4. The average molecular weight is 473 g/mol. The number of thioether (sulfide) groups is 1. The largest absolute Gasteiger partial charge is 0.447 e. The maximum absolute atomic E-state index is 14.1. The van der Waals surface area contributed by atoms with Gasteiger partial charge in [-0.05, 0) is 36.8 Å². The van der Waals surface area contributed by atoms with E-state index in [2.05, 4.69) is 22.1 Å². The highest BCUT2D eigenvalue weighted by molar-refractivity contribution is 7.99. The summed E-state index contributed by atoms with van der Waals surface area (Å²) >= 11 is 7.77. The van der Waals surface area contributed by atoms with Crippen LogP contribution in [-0.2, 0) is 4.79 Å². The average Bonchev–Trinajstić information content (AvgIpc) is 2.93. The van der Waals surface area contributed by atoms with E-state index in [1.54, 1.807) is 37.3 Å². The summed E-state index contributed by atoms with van der Waals surface area (Å²) in [6, 6.07) is 11.1. The summed E-state index contributed by atoms with van der Waals surface area (Å²) in [5, 5.41) is 9.59. The lowest BCUT2D eigenvalue weighted by Crippen LogP contribution is -2.37. The van der Waals surface area contributed by atoms with E-state index in [0.717, 1.165) is 18.6 Å². The van der Waals surface area contributed by atoms with Gasteiger partial charge >= 0.3 is 0 Å². The van der Waals surface area contributed by atoms with Crippen molar-refractivity contribution in [2.45, 2.75) is 44.5 Å². The van der Waals surface area contributed by atoms with Crippen LogP contribution in [0.4, 0.5) is 10.1 Å². The quantitative estimate of drug-likeness (QED) is 0.321. The van der Waals surface area contributed by atoms with Crippen LogP contribution in [0.5, 0.6) is 5.88 Å². The Morgan fingerprint density at radius 3 is 2.81 bits per heavy atom. The standard InChI is InChI=1S/C23H22ClFN4O2S/c1-3-5-11-32-23-26-21-20(27-28-23)17-13-15(24)9-10-18(17)29(19(30)4-2)22(31-21)14-7-6-8-16(25)12-14/h6-10,12-13,22H,3-5,11H2,1-2H3/t22-/m0/s1. The van der Waals surface area contributed by atoms with Crippen LogP contribution in [0.15, 0.2) is 47.6 Å². The molecule has 6 nitrogen and oxygen atoms in total. The van der Waals surface area contributed by atoms with E-state index in [9.17, 15) is 9.18 Å². The van der Waals surface area contributed by atoms with E-state index in [1.165, 1.54) is 28.8 Å². The van der Waals surface area contributed by atoms with Crippen molar-refractivity contribution in [1.82, 2.24) is 15.2 Å². The fourth-order valence-corrected chi connectivity index (χ4v) is 4.46. The highest BCUT2D eigenvalue weighted by Crippen LogP contribution is 2.44. The van der Waals surface area contributed by atoms with E-state index in [1.807, 2.05) is 0 Å². The molecule has 0 fully saturated rings. The number of hydrogen-bond acceptors (Lipinski definition) is 6. The molecule has 1 atom stereocenters. The molecule has 0 bridgehead atoms. The van der Waals surface area contributed by atoms with Crippen LogP contribution in [-0.4, -0.2) is 26.8 Å². The van der Waals surface area contributed by atoms with Crippen molar-refractivity contribution in [3.63, 3.8) is 0 Å². The minimum Gasteiger partial charge on any atom is -0.447 e. The van der Waals surface area contributed by atoms with E-state index in [4.69, 9.17) is 16.3 Å². The van der Waals surface area contributed by atoms with Crippen molar-refractivity contribution in [3.8, 4) is 17.1 Å². The smallest absolute Gasteiger partial charge is 0.247 e. The molecule has 0 radical (unpaired) electrons. The number of rotatable bonds is 6. The number of carbonyl (C=O) groups is 1. The molecular formula is C23H22ClFN4O2S. The lowest BCUT2D eigenvalue weighted by Gasteiger charge is -2.30. The second-order valence-electron chi connectivity index (χ2n) is 7.25. The number of benzene rings is 2. The SMILES string of the molecule is CCCCSc1nnc2c(n1)O[C@@H](c1cccc(F)c1)N(C(=O)CC)c1ccc(Cl)cc1-2. The Kier molecular flexibility index (Phi) is 6.91. The van der Waals surface area contributed by atoms with Gasteiger partial charge in [-0.25, -0.2) is 4.39 Å². The van der Waals surface area contributed by atoms with Crippen LogP contribution >= 0.6 is 23.4 Å². The number of unbranched alkanes of at least 4 members (excludes halogenated alkanes) is 1. The van der Waals surface area contributed by atoms with E-state index in [0.29, 0.717) is 32.7 Å². The van der Waals surface area contributed by atoms with Gasteiger partial charge in [0.2, 0.25) is 23.2 Å². The number of amides is 1. The number of nitrogens with zero attached hydrogens (tertiary/aromatic N) is 4. The molecule has 166 valence electrons. The molecule has 0 unspecified atom stereocenters. The molecule has 0 saturated carbocycles. The Bertz CT molecular complexity index is 1150. The molecule has 1 amide bonds. The molecule has 0 aliphatic carbocycles. The summed E-state index contributed by atoms with van der Waals surface area (Å²) in [6.07, 6.45) is 1.38. The zero-order valence-electron chi connectivity index (χ0n) is 17.7. The van der Waals surface area contributed by atoms with Gasteiger partial charge in [0.1, 0.15) is 5.82 Å². The van der Waals surface area contributed by atoms with Gasteiger partial charge in [0.15, 0.2) is 5.69 Å². The number of fused-ring (bicyclic) bond motifs is 3. The van der Waals surface area contributed by atoms with Crippen LogP contribution in [0, 0.1) is 5.82 Å². The summed E-state index contributed by atoms with van der Waals surface area (Å²) in [7, 11) is 0. The lowest BCUT2D eigenvalue weighted by atomic mass is 10.1. The first-order valence-corrected chi connectivity index (χ1v) is 11.8. The fourth-order valence-electron chi connectivity index (χ4n) is 3.42. The monoisotopic (exact) mass is 472 g/mol. The second kappa shape index (κ2) is 9.83. The molecule has 0 spiro atoms. The topological polar surface area (TPSA) is 68.2 Å². The summed E-state index contributed by atoms with van der Waals surface area (Å²) in [4.78, 5) is 19.2. The van der Waals surface area contributed by atoms with Gasteiger partial charge in [-0.3, -0.25) is 9.69 Å². The number of halogens is 2. The minimum atomic E-state index is -0.926. The molecular weight excluding hydrogens is 451 g/mol. The van der Waals surface area contributed by atoms with Gasteiger partial charge in [0, 0.05) is 28.3 Å². The third-order valence-corrected chi connectivity index (χ3v) is 6.16. The molecule has 0 N–H and O–H groups in total. The Morgan fingerprint density at radius 2 is 2.06 bits per heavy atom. The summed E-state index contributed by atoms with van der Waals surface area (Å²) < 4.78 is 20.4. The second-order valence-corrected chi connectivity index (χ2v) is 8.75. The summed E-state index contributed by atoms with van der Waals surface area (Å²) in [5.74, 6) is 0.462. The molecule has 2 heterocycles. The Labute approximate surface area is 195 Å². The van der Waals surface area contributed by atoms with Gasteiger partial charge in [-0.2, -0.15) is 4.98 Å². The minimum absolute atomic E-state index is 0.193. The van der Waals surface area contributed by atoms with E-state index < -0.39 is 12.0 Å². The Hall–Kier alpha value is -2.71. The molecule has 2 aromatic carbocycles. The van der Waals surface area contributed by atoms with Gasteiger partial charge in [0.25, 0.3) is 0 Å². The van der Waals surface area contributed by atoms with Gasteiger partial charge in [-0.1, -0.05) is 55.8 Å². The van der Waals surface area contributed by atoms with Crippen LogP contribution in [0.3, 0.4) is 0 Å². The summed E-state index contributed by atoms with van der Waals surface area (Å²) in [6.45, 7) is 3.88. The maximum Gasteiger partial charge on any atom is 0.247 e. The molecule has 3 aromatic rings. The number of ether oxygens (including phenoxy) is 1. The molecule has 1 aliphatic heterocycles.